The predicted molar refractivity (Wildman–Crippen MR) is 103 cm³/mol. The first-order valence-corrected chi connectivity index (χ1v) is 9.15. The van der Waals surface area contributed by atoms with Gasteiger partial charge < -0.3 is 11.1 Å². The molecule has 0 bridgehead atoms. The molecule has 0 aromatic carbocycles. The van der Waals surface area contributed by atoms with Crippen molar-refractivity contribution in [2.45, 2.75) is 51.6 Å². The van der Waals surface area contributed by atoms with E-state index in [1.807, 2.05) is 13.8 Å². The zero-order valence-electron chi connectivity index (χ0n) is 16.0. The van der Waals surface area contributed by atoms with Crippen molar-refractivity contribution >= 4 is 17.5 Å². The van der Waals surface area contributed by atoms with Gasteiger partial charge in [-0.1, -0.05) is 0 Å². The van der Waals surface area contributed by atoms with Gasteiger partial charge in [-0.05, 0) is 25.8 Å². The summed E-state index contributed by atoms with van der Waals surface area (Å²) in [5.41, 5.74) is 8.21. The highest BCUT2D eigenvalue weighted by atomic mass is 16.1. The fourth-order valence-corrected chi connectivity index (χ4v) is 3.24. The molecule has 0 saturated carbocycles. The lowest BCUT2D eigenvalue weighted by Gasteiger charge is -2.12. The maximum Gasteiger partial charge on any atom is 0.254 e. The third-order valence-corrected chi connectivity index (χ3v) is 4.98. The van der Waals surface area contributed by atoms with Crippen LogP contribution in [0, 0.1) is 26.2 Å². The van der Waals surface area contributed by atoms with E-state index < -0.39 is 5.91 Å². The average molecular weight is 381 g/mol. The number of aromatic nitrogens is 3. The highest BCUT2D eigenvalue weighted by Gasteiger charge is 2.38. The van der Waals surface area contributed by atoms with Crippen molar-refractivity contribution in [1.82, 2.24) is 19.9 Å². The van der Waals surface area contributed by atoms with Gasteiger partial charge in [0, 0.05) is 43.6 Å². The number of nitrogens with one attached hydrogen (secondary N) is 1. The predicted octanol–water partition coefficient (Wildman–Crippen LogP) is 1.46. The molecule has 2 aromatic heterocycles. The summed E-state index contributed by atoms with van der Waals surface area (Å²) in [6.07, 6.45) is 9.54. The first kappa shape index (κ1) is 19.5. The van der Waals surface area contributed by atoms with E-state index in [0.29, 0.717) is 37.9 Å². The van der Waals surface area contributed by atoms with Crippen molar-refractivity contribution in [2.75, 3.05) is 6.54 Å². The number of hydrogen-bond acceptors (Lipinski definition) is 6. The third kappa shape index (κ3) is 4.01. The van der Waals surface area contributed by atoms with Crippen LogP contribution in [-0.4, -0.2) is 38.6 Å². The Kier molecular flexibility index (Phi) is 5.40. The van der Waals surface area contributed by atoms with Gasteiger partial charge in [-0.2, -0.15) is 15.3 Å². The molecule has 9 nitrogen and oxygen atoms in total. The minimum absolute atomic E-state index is 0.0510. The second-order valence-electron chi connectivity index (χ2n) is 6.91. The number of rotatable bonds is 9. The standard InChI is InChI=1S/C19H23N7O2/c1-4-5-8-19(24-25-19)9-10-21-16(27)7-6-14-12(2)23-18-15(17(20)28)11-22-26(18)13(14)3/h1,11H,5-10H2,2-3H3,(H2,20,28)(H,21,27). The minimum atomic E-state index is -0.567. The van der Waals surface area contributed by atoms with Crippen LogP contribution in [0.1, 0.15) is 53.0 Å². The van der Waals surface area contributed by atoms with Crippen LogP contribution in [0.5, 0.6) is 0 Å². The van der Waals surface area contributed by atoms with Crippen LogP contribution in [-0.2, 0) is 11.2 Å². The number of nitrogens with two attached hydrogens (primary N) is 1. The normalized spacial score (nSPS) is 14.0. The van der Waals surface area contributed by atoms with Crippen LogP contribution < -0.4 is 11.1 Å². The van der Waals surface area contributed by atoms with Crippen molar-refractivity contribution in [2.24, 2.45) is 16.0 Å². The minimum Gasteiger partial charge on any atom is -0.365 e. The van der Waals surface area contributed by atoms with Crippen molar-refractivity contribution in [1.29, 1.82) is 0 Å². The molecule has 28 heavy (non-hydrogen) atoms. The second-order valence-corrected chi connectivity index (χ2v) is 6.91. The van der Waals surface area contributed by atoms with E-state index in [-0.39, 0.29) is 17.1 Å². The summed E-state index contributed by atoms with van der Waals surface area (Å²) in [6, 6.07) is 0. The van der Waals surface area contributed by atoms with Gasteiger partial charge in [0.25, 0.3) is 5.91 Å². The Hall–Kier alpha value is -3.28. The Morgan fingerprint density at radius 2 is 2.07 bits per heavy atom. The molecule has 0 aliphatic carbocycles. The van der Waals surface area contributed by atoms with Gasteiger partial charge in [0.1, 0.15) is 5.56 Å². The quantitative estimate of drug-likeness (QED) is 0.637. The summed E-state index contributed by atoms with van der Waals surface area (Å²) in [5.74, 6) is 1.97. The Balaban J connectivity index is 1.57. The molecule has 3 N–H and O–H groups in total. The van der Waals surface area contributed by atoms with Crippen LogP contribution in [0.2, 0.25) is 0 Å². The Morgan fingerprint density at radius 3 is 2.71 bits per heavy atom. The summed E-state index contributed by atoms with van der Waals surface area (Å²) >= 11 is 0. The maximum absolute atomic E-state index is 12.2. The lowest BCUT2D eigenvalue weighted by atomic mass is 10.0. The maximum atomic E-state index is 12.2. The number of primary amides is 1. The molecule has 0 spiro atoms. The monoisotopic (exact) mass is 381 g/mol. The molecular formula is C19H23N7O2. The molecular weight excluding hydrogens is 358 g/mol. The average Bonchev–Trinajstić information content (AvgIpc) is 3.28. The summed E-state index contributed by atoms with van der Waals surface area (Å²) in [5, 5.41) is 15.2. The van der Waals surface area contributed by atoms with Gasteiger partial charge in [-0.3, -0.25) is 9.59 Å². The van der Waals surface area contributed by atoms with Crippen molar-refractivity contribution < 1.29 is 9.59 Å². The van der Waals surface area contributed by atoms with Crippen molar-refractivity contribution in [3.05, 3.63) is 28.7 Å². The molecule has 0 fully saturated rings. The van der Waals surface area contributed by atoms with Crippen LogP contribution in [0.25, 0.3) is 5.65 Å². The first-order chi connectivity index (χ1) is 13.4. The van der Waals surface area contributed by atoms with Gasteiger partial charge in [0.05, 0.1) is 6.20 Å². The van der Waals surface area contributed by atoms with E-state index in [9.17, 15) is 9.59 Å². The van der Waals surface area contributed by atoms with E-state index in [1.165, 1.54) is 6.20 Å². The molecule has 1 aliphatic heterocycles. The zero-order chi connectivity index (χ0) is 20.3. The highest BCUT2D eigenvalue weighted by molar-refractivity contribution is 5.98. The van der Waals surface area contributed by atoms with Gasteiger partial charge >= 0.3 is 0 Å². The fraction of sp³-hybridized carbons (Fsp3) is 0.474. The first-order valence-electron chi connectivity index (χ1n) is 9.15. The van der Waals surface area contributed by atoms with Crippen LogP contribution in [0.15, 0.2) is 16.4 Å². The molecule has 3 heterocycles. The Morgan fingerprint density at radius 1 is 1.32 bits per heavy atom. The summed E-state index contributed by atoms with van der Waals surface area (Å²) in [7, 11) is 0. The molecule has 2 aromatic rings. The summed E-state index contributed by atoms with van der Waals surface area (Å²) < 4.78 is 1.59. The van der Waals surface area contributed by atoms with E-state index in [4.69, 9.17) is 12.2 Å². The summed E-state index contributed by atoms with van der Waals surface area (Å²) in [4.78, 5) is 28.1. The van der Waals surface area contributed by atoms with Gasteiger partial charge in [-0.25, -0.2) is 9.50 Å². The zero-order valence-corrected chi connectivity index (χ0v) is 16.0. The number of aryl methyl sites for hydroxylation is 2. The number of nitrogens with zero attached hydrogens (tertiary/aromatic N) is 5. The number of hydrogen-bond donors (Lipinski definition) is 2. The molecule has 9 heteroatoms. The van der Waals surface area contributed by atoms with Gasteiger partial charge in [0.2, 0.25) is 5.91 Å². The van der Waals surface area contributed by atoms with E-state index >= 15 is 0 Å². The van der Waals surface area contributed by atoms with E-state index in [2.05, 4.69) is 31.5 Å². The van der Waals surface area contributed by atoms with Crippen LogP contribution in [0.4, 0.5) is 0 Å². The van der Waals surface area contributed by atoms with Crippen molar-refractivity contribution in [3.8, 4) is 12.3 Å². The van der Waals surface area contributed by atoms with E-state index in [1.54, 1.807) is 4.52 Å². The molecule has 0 saturated heterocycles. The van der Waals surface area contributed by atoms with Gasteiger partial charge in [-0.15, -0.1) is 12.3 Å². The Labute approximate surface area is 162 Å². The smallest absolute Gasteiger partial charge is 0.254 e. The Bertz CT molecular complexity index is 994. The lowest BCUT2D eigenvalue weighted by Crippen LogP contribution is -2.28. The highest BCUT2D eigenvalue weighted by Crippen LogP contribution is 2.36. The molecule has 3 rings (SSSR count). The second kappa shape index (κ2) is 7.76. The summed E-state index contributed by atoms with van der Waals surface area (Å²) in [6.45, 7) is 4.24. The van der Waals surface area contributed by atoms with Crippen LogP contribution in [0.3, 0.4) is 0 Å². The third-order valence-electron chi connectivity index (χ3n) is 4.98. The molecule has 0 atom stereocenters. The molecule has 1 aliphatic rings. The molecule has 2 amide bonds. The molecule has 0 unspecified atom stereocenters. The number of carbonyl (C=O) groups is 2. The topological polar surface area (TPSA) is 127 Å². The lowest BCUT2D eigenvalue weighted by molar-refractivity contribution is -0.121. The number of fused-ring (bicyclic) bond motifs is 1. The molecule has 146 valence electrons. The van der Waals surface area contributed by atoms with Gasteiger partial charge in [0.15, 0.2) is 11.3 Å². The largest absolute Gasteiger partial charge is 0.365 e. The number of carbonyl (C=O) groups excluding carboxylic acids is 2. The number of amides is 2. The fourth-order valence-electron chi connectivity index (χ4n) is 3.24. The van der Waals surface area contributed by atoms with Crippen molar-refractivity contribution in [3.63, 3.8) is 0 Å². The molecule has 0 radical (unpaired) electrons. The van der Waals surface area contributed by atoms with E-state index in [0.717, 1.165) is 23.4 Å². The SMILES string of the molecule is C#CCCC1(CCNC(=O)CCc2c(C)nc3c(C(N)=O)cnn3c2C)N=N1. The van der Waals surface area contributed by atoms with Crippen LogP contribution >= 0.6 is 0 Å². The number of terminal acetylenes is 1.